The van der Waals surface area contributed by atoms with Gasteiger partial charge in [0, 0.05) is 19.2 Å². The molecule has 0 radical (unpaired) electrons. The Morgan fingerprint density at radius 1 is 1.18 bits per heavy atom. The van der Waals surface area contributed by atoms with Crippen LogP contribution in [-0.4, -0.2) is 24.7 Å². The zero-order chi connectivity index (χ0) is 15.9. The molecule has 2 rings (SSSR count). The number of hydrogen-bond donors (Lipinski definition) is 2. The number of aryl methyl sites for hydroxylation is 1. The number of ether oxygens (including phenoxy) is 1. The summed E-state index contributed by atoms with van der Waals surface area (Å²) < 4.78 is 5.10. The standard InChI is InChI=1S/C18H21NO3/c1-13-7-3-5-9-15(13)17(20)11-19-18(21)16-10-6-4-8-14(16)12-22-2/h3-10,17,20H,11-12H2,1-2H3,(H,19,21). The first-order valence-corrected chi connectivity index (χ1v) is 7.22. The Hall–Kier alpha value is -2.17. The first-order valence-electron chi connectivity index (χ1n) is 7.22. The van der Waals surface area contributed by atoms with Gasteiger partial charge >= 0.3 is 0 Å². The van der Waals surface area contributed by atoms with Crippen LogP contribution in [0.1, 0.15) is 33.2 Å². The maximum Gasteiger partial charge on any atom is 0.251 e. The molecule has 0 aliphatic rings. The Labute approximate surface area is 130 Å². The number of carbonyl (C=O) groups is 1. The molecule has 0 heterocycles. The summed E-state index contributed by atoms with van der Waals surface area (Å²) in [5, 5.41) is 13.0. The zero-order valence-electron chi connectivity index (χ0n) is 12.9. The second kappa shape index (κ2) is 7.73. The predicted molar refractivity (Wildman–Crippen MR) is 85.6 cm³/mol. The summed E-state index contributed by atoms with van der Waals surface area (Å²) in [6.07, 6.45) is -0.722. The van der Waals surface area contributed by atoms with Crippen LogP contribution < -0.4 is 5.32 Å². The highest BCUT2D eigenvalue weighted by Crippen LogP contribution is 2.17. The van der Waals surface area contributed by atoms with Gasteiger partial charge in [-0.3, -0.25) is 4.79 Å². The third-order valence-electron chi connectivity index (χ3n) is 3.57. The summed E-state index contributed by atoms with van der Waals surface area (Å²) in [7, 11) is 1.59. The van der Waals surface area contributed by atoms with Crippen molar-refractivity contribution in [2.75, 3.05) is 13.7 Å². The van der Waals surface area contributed by atoms with Crippen molar-refractivity contribution in [3.8, 4) is 0 Å². The first-order chi connectivity index (χ1) is 10.6. The van der Waals surface area contributed by atoms with Crippen molar-refractivity contribution in [3.05, 3.63) is 70.8 Å². The molecule has 1 unspecified atom stereocenters. The molecule has 0 spiro atoms. The van der Waals surface area contributed by atoms with E-state index in [-0.39, 0.29) is 12.5 Å². The minimum atomic E-state index is -0.722. The van der Waals surface area contributed by atoms with Crippen LogP contribution >= 0.6 is 0 Å². The van der Waals surface area contributed by atoms with Crippen molar-refractivity contribution in [2.45, 2.75) is 19.6 Å². The predicted octanol–water partition coefficient (Wildman–Crippen LogP) is 2.60. The molecule has 4 heteroatoms. The van der Waals surface area contributed by atoms with Gasteiger partial charge in [-0.2, -0.15) is 0 Å². The molecule has 1 amide bonds. The highest BCUT2D eigenvalue weighted by Gasteiger charge is 2.14. The summed E-state index contributed by atoms with van der Waals surface area (Å²) in [6.45, 7) is 2.49. The van der Waals surface area contributed by atoms with Crippen LogP contribution in [0.25, 0.3) is 0 Å². The van der Waals surface area contributed by atoms with Gasteiger partial charge in [0.15, 0.2) is 0 Å². The van der Waals surface area contributed by atoms with Crippen LogP contribution in [-0.2, 0) is 11.3 Å². The molecule has 0 aliphatic heterocycles. The molecule has 2 N–H and O–H groups in total. The fourth-order valence-electron chi connectivity index (χ4n) is 2.38. The number of amides is 1. The minimum absolute atomic E-state index is 0.172. The van der Waals surface area contributed by atoms with E-state index in [2.05, 4.69) is 5.32 Å². The van der Waals surface area contributed by atoms with E-state index in [1.165, 1.54) is 0 Å². The van der Waals surface area contributed by atoms with Gasteiger partial charge in [0.2, 0.25) is 0 Å². The molecule has 1 atom stereocenters. The van der Waals surface area contributed by atoms with E-state index in [4.69, 9.17) is 4.74 Å². The van der Waals surface area contributed by atoms with Crippen LogP contribution in [0.5, 0.6) is 0 Å². The maximum atomic E-state index is 12.3. The molecule has 0 bridgehead atoms. The van der Waals surface area contributed by atoms with E-state index in [9.17, 15) is 9.90 Å². The Bertz CT molecular complexity index is 640. The highest BCUT2D eigenvalue weighted by molar-refractivity contribution is 5.95. The topological polar surface area (TPSA) is 58.6 Å². The second-order valence-corrected chi connectivity index (χ2v) is 5.17. The molecule has 0 aliphatic carbocycles. The van der Waals surface area contributed by atoms with Crippen molar-refractivity contribution in [2.24, 2.45) is 0 Å². The van der Waals surface area contributed by atoms with Crippen LogP contribution in [0.2, 0.25) is 0 Å². The number of methoxy groups -OCH3 is 1. The van der Waals surface area contributed by atoms with Gasteiger partial charge in [-0.15, -0.1) is 0 Å². The molecule has 0 saturated heterocycles. The molecular formula is C18H21NO3. The summed E-state index contributed by atoms with van der Waals surface area (Å²) in [6, 6.07) is 14.9. The monoisotopic (exact) mass is 299 g/mol. The van der Waals surface area contributed by atoms with Crippen LogP contribution in [0.15, 0.2) is 48.5 Å². The smallest absolute Gasteiger partial charge is 0.251 e. The fourth-order valence-corrected chi connectivity index (χ4v) is 2.38. The molecule has 0 saturated carbocycles. The third-order valence-corrected chi connectivity index (χ3v) is 3.57. The van der Waals surface area contributed by atoms with Gasteiger partial charge in [-0.1, -0.05) is 42.5 Å². The lowest BCUT2D eigenvalue weighted by molar-refractivity contribution is 0.0911. The molecule has 22 heavy (non-hydrogen) atoms. The largest absolute Gasteiger partial charge is 0.387 e. The van der Waals surface area contributed by atoms with Gasteiger partial charge in [-0.05, 0) is 29.7 Å². The molecule has 2 aromatic carbocycles. The summed E-state index contributed by atoms with van der Waals surface area (Å²) in [4.78, 5) is 12.3. The molecule has 2 aromatic rings. The van der Waals surface area contributed by atoms with Crippen LogP contribution in [0.3, 0.4) is 0 Å². The van der Waals surface area contributed by atoms with Crippen molar-refractivity contribution in [3.63, 3.8) is 0 Å². The Kier molecular flexibility index (Phi) is 5.69. The highest BCUT2D eigenvalue weighted by atomic mass is 16.5. The lowest BCUT2D eigenvalue weighted by Crippen LogP contribution is -2.29. The lowest BCUT2D eigenvalue weighted by atomic mass is 10.0. The van der Waals surface area contributed by atoms with Gasteiger partial charge in [0.25, 0.3) is 5.91 Å². The number of nitrogens with one attached hydrogen (secondary N) is 1. The van der Waals surface area contributed by atoms with Crippen molar-refractivity contribution in [1.29, 1.82) is 0 Å². The summed E-state index contributed by atoms with van der Waals surface area (Å²) in [5.41, 5.74) is 3.23. The van der Waals surface area contributed by atoms with Crippen LogP contribution in [0.4, 0.5) is 0 Å². The number of rotatable bonds is 6. The Balaban J connectivity index is 2.03. The van der Waals surface area contributed by atoms with Gasteiger partial charge < -0.3 is 15.2 Å². The lowest BCUT2D eigenvalue weighted by Gasteiger charge is -2.15. The SMILES string of the molecule is COCc1ccccc1C(=O)NCC(O)c1ccccc1C. The van der Waals surface area contributed by atoms with Gasteiger partial charge in [0.1, 0.15) is 0 Å². The summed E-state index contributed by atoms with van der Waals surface area (Å²) in [5.74, 6) is -0.208. The Morgan fingerprint density at radius 2 is 1.86 bits per heavy atom. The van der Waals surface area contributed by atoms with Crippen molar-refractivity contribution < 1.29 is 14.6 Å². The molecular weight excluding hydrogens is 278 g/mol. The molecule has 4 nitrogen and oxygen atoms in total. The number of hydrogen-bond acceptors (Lipinski definition) is 3. The Morgan fingerprint density at radius 3 is 2.59 bits per heavy atom. The van der Waals surface area contributed by atoms with Gasteiger partial charge in [-0.25, -0.2) is 0 Å². The van der Waals surface area contributed by atoms with Crippen molar-refractivity contribution >= 4 is 5.91 Å². The average molecular weight is 299 g/mol. The minimum Gasteiger partial charge on any atom is -0.387 e. The number of benzene rings is 2. The average Bonchev–Trinajstić information content (AvgIpc) is 2.53. The van der Waals surface area contributed by atoms with Gasteiger partial charge in [0.05, 0.1) is 12.7 Å². The van der Waals surface area contributed by atoms with Crippen LogP contribution in [0, 0.1) is 6.92 Å². The molecule has 0 aromatic heterocycles. The quantitative estimate of drug-likeness (QED) is 0.862. The molecule has 0 fully saturated rings. The van der Waals surface area contributed by atoms with E-state index in [1.54, 1.807) is 13.2 Å². The number of carbonyl (C=O) groups excluding carboxylic acids is 1. The van der Waals surface area contributed by atoms with E-state index >= 15 is 0 Å². The number of aliphatic hydroxyl groups is 1. The zero-order valence-corrected chi connectivity index (χ0v) is 12.9. The summed E-state index contributed by atoms with van der Waals surface area (Å²) >= 11 is 0. The maximum absolute atomic E-state index is 12.3. The van der Waals surface area contributed by atoms with E-state index < -0.39 is 6.10 Å². The fraction of sp³-hybridized carbons (Fsp3) is 0.278. The second-order valence-electron chi connectivity index (χ2n) is 5.17. The van der Waals surface area contributed by atoms with E-state index in [0.717, 1.165) is 16.7 Å². The van der Waals surface area contributed by atoms with E-state index in [1.807, 2.05) is 49.4 Å². The third kappa shape index (κ3) is 3.93. The van der Waals surface area contributed by atoms with E-state index in [0.29, 0.717) is 12.2 Å². The van der Waals surface area contributed by atoms with Crippen molar-refractivity contribution in [1.82, 2.24) is 5.32 Å². The normalized spacial score (nSPS) is 12.0. The molecule has 116 valence electrons. The number of aliphatic hydroxyl groups excluding tert-OH is 1. The first kappa shape index (κ1) is 16.2.